The van der Waals surface area contributed by atoms with Gasteiger partial charge in [0.25, 0.3) is 5.69 Å². The molecule has 0 aromatic heterocycles. The molecule has 1 atom stereocenters. The number of nitrogens with zero attached hydrogens (tertiary/aromatic N) is 2. The van der Waals surface area contributed by atoms with Crippen LogP contribution in [-0.4, -0.2) is 42.4 Å². The first-order valence-electron chi connectivity index (χ1n) is 5.84. The second-order valence-corrected chi connectivity index (χ2v) is 6.49. The van der Waals surface area contributed by atoms with Crippen molar-refractivity contribution in [1.82, 2.24) is 4.31 Å². The summed E-state index contributed by atoms with van der Waals surface area (Å²) < 4.78 is 25.5. The van der Waals surface area contributed by atoms with Crippen LogP contribution in [0.3, 0.4) is 0 Å². The molecule has 0 radical (unpaired) electrons. The van der Waals surface area contributed by atoms with Gasteiger partial charge in [-0.2, -0.15) is 0 Å². The summed E-state index contributed by atoms with van der Waals surface area (Å²) in [5.41, 5.74) is 4.93. The van der Waals surface area contributed by atoms with Gasteiger partial charge in [0.15, 0.2) is 0 Å². The van der Waals surface area contributed by atoms with Crippen LogP contribution in [-0.2, 0) is 10.0 Å². The fourth-order valence-corrected chi connectivity index (χ4v) is 2.75. The Labute approximate surface area is 117 Å². The molecule has 112 valence electrons. The lowest BCUT2D eigenvalue weighted by Gasteiger charge is -2.18. The summed E-state index contributed by atoms with van der Waals surface area (Å²) in [6.07, 6.45) is -0.326. The molecule has 8 nitrogen and oxygen atoms in total. The molecule has 1 aromatic rings. The van der Waals surface area contributed by atoms with E-state index in [0.29, 0.717) is 0 Å². The third-order valence-corrected chi connectivity index (χ3v) is 4.62. The molecule has 1 rings (SSSR count). The highest BCUT2D eigenvalue weighted by Crippen LogP contribution is 2.25. The van der Waals surface area contributed by atoms with Gasteiger partial charge in [-0.15, -0.1) is 0 Å². The van der Waals surface area contributed by atoms with Crippen molar-refractivity contribution in [2.45, 2.75) is 24.3 Å². The van der Waals surface area contributed by atoms with Gasteiger partial charge in [0, 0.05) is 19.7 Å². The average molecular weight is 303 g/mol. The first-order chi connectivity index (χ1) is 9.16. The van der Waals surface area contributed by atoms with Crippen LogP contribution in [0.4, 0.5) is 11.4 Å². The van der Waals surface area contributed by atoms with Crippen molar-refractivity contribution in [1.29, 1.82) is 0 Å². The van der Waals surface area contributed by atoms with Crippen molar-refractivity contribution in [2.24, 2.45) is 0 Å². The highest BCUT2D eigenvalue weighted by molar-refractivity contribution is 7.89. The summed E-state index contributed by atoms with van der Waals surface area (Å²) in [7, 11) is -2.41. The topological polar surface area (TPSA) is 127 Å². The predicted octanol–water partition coefficient (Wildman–Crippen LogP) is 0.568. The first kappa shape index (κ1) is 16.3. The van der Waals surface area contributed by atoms with E-state index in [1.54, 1.807) is 6.92 Å². The molecular formula is C11H17N3O5S. The fraction of sp³-hybridized carbons (Fsp3) is 0.455. The molecule has 0 heterocycles. The molecule has 0 fully saturated rings. The number of nitro groups is 1. The number of nitrogens with two attached hydrogens (primary N) is 1. The summed E-state index contributed by atoms with van der Waals surface area (Å²) in [5, 5.41) is 19.8. The molecule has 0 saturated carbocycles. The third-order valence-electron chi connectivity index (χ3n) is 2.77. The lowest BCUT2D eigenvalue weighted by Crippen LogP contribution is -2.29. The monoisotopic (exact) mass is 303 g/mol. The molecule has 1 unspecified atom stereocenters. The van der Waals surface area contributed by atoms with E-state index in [-0.39, 0.29) is 29.2 Å². The van der Waals surface area contributed by atoms with E-state index in [1.807, 2.05) is 0 Å². The third kappa shape index (κ3) is 3.65. The van der Waals surface area contributed by atoms with Crippen LogP contribution < -0.4 is 5.73 Å². The molecule has 0 aliphatic rings. The van der Waals surface area contributed by atoms with Gasteiger partial charge in [0.1, 0.15) is 5.69 Å². The van der Waals surface area contributed by atoms with Gasteiger partial charge in [-0.3, -0.25) is 10.1 Å². The van der Waals surface area contributed by atoms with Crippen LogP contribution in [0.2, 0.25) is 0 Å². The standard InChI is InChI=1S/C11H17N3O5S/c1-8(15)5-6-13(2)20(18,19)9-3-4-11(14(16)17)10(12)7-9/h3-4,7-8,15H,5-6,12H2,1-2H3. The van der Waals surface area contributed by atoms with Crippen molar-refractivity contribution in [3.05, 3.63) is 28.3 Å². The molecule has 0 amide bonds. The highest BCUT2D eigenvalue weighted by atomic mass is 32.2. The molecule has 0 spiro atoms. The Kier molecular flexibility index (Phi) is 5.03. The van der Waals surface area contributed by atoms with Gasteiger partial charge < -0.3 is 10.8 Å². The zero-order valence-electron chi connectivity index (χ0n) is 11.2. The Hall–Kier alpha value is -1.71. The molecule has 0 saturated heterocycles. The smallest absolute Gasteiger partial charge is 0.292 e. The van der Waals surface area contributed by atoms with Gasteiger partial charge in [0.05, 0.1) is 15.9 Å². The first-order valence-corrected chi connectivity index (χ1v) is 7.28. The number of hydrogen-bond acceptors (Lipinski definition) is 6. The van der Waals surface area contributed by atoms with Crippen LogP contribution in [0.15, 0.2) is 23.1 Å². The number of nitro benzene ring substituents is 1. The lowest BCUT2D eigenvalue weighted by atomic mass is 10.3. The van der Waals surface area contributed by atoms with Crippen molar-refractivity contribution in [3.63, 3.8) is 0 Å². The predicted molar refractivity (Wildman–Crippen MR) is 73.6 cm³/mol. The minimum atomic E-state index is -3.78. The fourth-order valence-electron chi connectivity index (χ4n) is 1.53. The second-order valence-electron chi connectivity index (χ2n) is 4.44. The largest absolute Gasteiger partial charge is 0.393 e. The van der Waals surface area contributed by atoms with Crippen LogP contribution >= 0.6 is 0 Å². The Morgan fingerprint density at radius 2 is 2.10 bits per heavy atom. The zero-order valence-corrected chi connectivity index (χ0v) is 12.0. The summed E-state index contributed by atoms with van der Waals surface area (Å²) >= 11 is 0. The maximum absolute atomic E-state index is 12.2. The van der Waals surface area contributed by atoms with Crippen molar-refractivity contribution < 1.29 is 18.4 Å². The summed E-state index contributed by atoms with van der Waals surface area (Å²) in [5.74, 6) is 0. The summed E-state index contributed by atoms with van der Waals surface area (Å²) in [4.78, 5) is 9.84. The van der Waals surface area contributed by atoms with E-state index in [1.165, 1.54) is 7.05 Å². The lowest BCUT2D eigenvalue weighted by molar-refractivity contribution is -0.383. The zero-order chi connectivity index (χ0) is 15.5. The molecular weight excluding hydrogens is 286 g/mol. The van der Waals surface area contributed by atoms with Gasteiger partial charge in [0.2, 0.25) is 10.0 Å². The number of benzene rings is 1. The molecule has 0 aliphatic heterocycles. The minimum absolute atomic E-state index is 0.117. The van der Waals surface area contributed by atoms with E-state index < -0.39 is 21.1 Å². The van der Waals surface area contributed by atoms with Crippen molar-refractivity contribution >= 4 is 21.4 Å². The summed E-state index contributed by atoms with van der Waals surface area (Å²) in [6, 6.07) is 3.26. The van der Waals surface area contributed by atoms with E-state index in [2.05, 4.69) is 0 Å². The van der Waals surface area contributed by atoms with Crippen molar-refractivity contribution in [2.75, 3.05) is 19.3 Å². The summed E-state index contributed by atoms with van der Waals surface area (Å²) in [6.45, 7) is 1.70. The quantitative estimate of drug-likeness (QED) is 0.449. The van der Waals surface area contributed by atoms with E-state index in [0.717, 1.165) is 22.5 Å². The van der Waals surface area contributed by atoms with Crippen LogP contribution in [0.25, 0.3) is 0 Å². The molecule has 0 bridgehead atoms. The normalized spacial score (nSPS) is 13.4. The van der Waals surface area contributed by atoms with Gasteiger partial charge >= 0.3 is 0 Å². The number of anilines is 1. The number of hydrogen-bond donors (Lipinski definition) is 2. The molecule has 1 aromatic carbocycles. The average Bonchev–Trinajstić information content (AvgIpc) is 2.34. The van der Waals surface area contributed by atoms with E-state index in [4.69, 9.17) is 10.8 Å². The number of sulfonamides is 1. The maximum Gasteiger partial charge on any atom is 0.292 e. The molecule has 20 heavy (non-hydrogen) atoms. The molecule has 3 N–H and O–H groups in total. The molecule has 9 heteroatoms. The van der Waals surface area contributed by atoms with Crippen molar-refractivity contribution in [3.8, 4) is 0 Å². The Morgan fingerprint density at radius 3 is 2.55 bits per heavy atom. The number of aliphatic hydroxyl groups is 1. The molecule has 0 aliphatic carbocycles. The van der Waals surface area contributed by atoms with Crippen LogP contribution in [0.1, 0.15) is 13.3 Å². The number of aliphatic hydroxyl groups excluding tert-OH is 1. The van der Waals surface area contributed by atoms with Gasteiger partial charge in [-0.1, -0.05) is 0 Å². The minimum Gasteiger partial charge on any atom is -0.393 e. The van der Waals surface area contributed by atoms with Crippen LogP contribution in [0, 0.1) is 10.1 Å². The maximum atomic E-state index is 12.2. The Morgan fingerprint density at radius 1 is 1.50 bits per heavy atom. The second kappa shape index (κ2) is 6.16. The van der Waals surface area contributed by atoms with Gasteiger partial charge in [-0.05, 0) is 25.5 Å². The highest BCUT2D eigenvalue weighted by Gasteiger charge is 2.23. The Bertz CT molecular complexity index is 600. The Balaban J connectivity index is 3.04. The van der Waals surface area contributed by atoms with Gasteiger partial charge in [-0.25, -0.2) is 12.7 Å². The SMILES string of the molecule is CC(O)CCN(C)S(=O)(=O)c1ccc([N+](=O)[O-])c(N)c1. The van der Waals surface area contributed by atoms with E-state index >= 15 is 0 Å². The van der Waals surface area contributed by atoms with Crippen LogP contribution in [0.5, 0.6) is 0 Å². The number of rotatable bonds is 6. The van der Waals surface area contributed by atoms with E-state index in [9.17, 15) is 18.5 Å². The number of nitrogen functional groups attached to an aromatic ring is 1.